The fraction of sp³-hybridized carbons (Fsp3) is 0.409. The van der Waals surface area contributed by atoms with Gasteiger partial charge in [0.15, 0.2) is 0 Å². The molecule has 138 valence electrons. The van der Waals surface area contributed by atoms with Crippen LogP contribution in [0.4, 0.5) is 4.79 Å². The lowest BCUT2D eigenvalue weighted by Gasteiger charge is -2.27. The smallest absolute Gasteiger partial charge is 0.405 e. The van der Waals surface area contributed by atoms with E-state index < -0.39 is 6.09 Å². The minimum absolute atomic E-state index is 0.131. The molecule has 0 spiro atoms. The zero-order valence-corrected chi connectivity index (χ0v) is 15.9. The van der Waals surface area contributed by atoms with Gasteiger partial charge < -0.3 is 15.2 Å². The first-order valence-electron chi connectivity index (χ1n) is 9.12. The third-order valence-corrected chi connectivity index (χ3v) is 4.92. The summed E-state index contributed by atoms with van der Waals surface area (Å²) in [5, 5.41) is 11.8. The molecule has 26 heavy (non-hydrogen) atoms. The van der Waals surface area contributed by atoms with Crippen LogP contribution in [-0.4, -0.2) is 17.8 Å². The van der Waals surface area contributed by atoms with E-state index in [9.17, 15) is 4.79 Å². The van der Waals surface area contributed by atoms with E-state index >= 15 is 0 Å². The monoisotopic (exact) mass is 353 g/mol. The average molecular weight is 353 g/mol. The summed E-state index contributed by atoms with van der Waals surface area (Å²) in [4.78, 5) is 11.1. The normalized spacial score (nSPS) is 17.8. The van der Waals surface area contributed by atoms with E-state index in [1.165, 1.54) is 5.56 Å². The van der Waals surface area contributed by atoms with Crippen molar-refractivity contribution in [3.63, 3.8) is 0 Å². The molecule has 4 heteroatoms. The van der Waals surface area contributed by atoms with Crippen LogP contribution in [0, 0.1) is 11.3 Å². The molecule has 1 amide bonds. The van der Waals surface area contributed by atoms with Crippen LogP contribution in [0.5, 0.6) is 5.75 Å². The zero-order valence-electron chi connectivity index (χ0n) is 15.9. The van der Waals surface area contributed by atoms with Crippen molar-refractivity contribution in [2.45, 2.75) is 40.2 Å². The molecule has 3 rings (SSSR count). The summed E-state index contributed by atoms with van der Waals surface area (Å²) in [6.45, 7) is 9.19. The maximum atomic E-state index is 11.1. The number of hydrogen-bond donors (Lipinski definition) is 2. The molecule has 0 saturated heterocycles. The molecule has 1 aliphatic rings. The number of rotatable bonds is 5. The predicted molar refractivity (Wildman–Crippen MR) is 104 cm³/mol. The number of amides is 1. The number of ether oxygens (including phenoxy) is 1. The lowest BCUT2D eigenvalue weighted by molar-refractivity contribution is 0.175. The highest BCUT2D eigenvalue weighted by Gasteiger charge is 2.39. The van der Waals surface area contributed by atoms with Gasteiger partial charge in [0, 0.05) is 0 Å². The highest BCUT2D eigenvalue weighted by molar-refractivity contribution is 5.68. The van der Waals surface area contributed by atoms with Crippen LogP contribution in [0.25, 0.3) is 11.1 Å². The Balaban J connectivity index is 1.83. The molecule has 1 atom stereocenters. The molecule has 2 aromatic carbocycles. The van der Waals surface area contributed by atoms with Gasteiger partial charge in [0.05, 0.1) is 12.6 Å². The van der Waals surface area contributed by atoms with Crippen molar-refractivity contribution >= 4 is 6.09 Å². The largest absolute Gasteiger partial charge is 0.493 e. The van der Waals surface area contributed by atoms with Crippen LogP contribution < -0.4 is 10.1 Å². The van der Waals surface area contributed by atoms with E-state index in [1.54, 1.807) is 0 Å². The maximum Gasteiger partial charge on any atom is 0.405 e. The minimum Gasteiger partial charge on any atom is -0.493 e. The summed E-state index contributed by atoms with van der Waals surface area (Å²) >= 11 is 0. The molecule has 1 aliphatic carbocycles. The van der Waals surface area contributed by atoms with E-state index in [1.807, 2.05) is 12.1 Å². The number of nitrogens with one attached hydrogen (secondary N) is 1. The Kier molecular flexibility index (Phi) is 4.94. The van der Waals surface area contributed by atoms with Gasteiger partial charge in [-0.25, -0.2) is 4.79 Å². The Hall–Kier alpha value is -2.49. The summed E-state index contributed by atoms with van der Waals surface area (Å²) in [5.41, 5.74) is 4.45. The lowest BCUT2D eigenvalue weighted by atomic mass is 9.85. The molecule has 0 aromatic heterocycles. The van der Waals surface area contributed by atoms with Crippen LogP contribution in [0.15, 0.2) is 42.5 Å². The fourth-order valence-electron chi connectivity index (χ4n) is 3.64. The molecule has 0 aliphatic heterocycles. The second kappa shape index (κ2) is 7.02. The van der Waals surface area contributed by atoms with Crippen molar-refractivity contribution in [2.24, 2.45) is 11.3 Å². The highest BCUT2D eigenvalue weighted by atomic mass is 16.5. The number of carboxylic acid groups (broad SMARTS) is 1. The van der Waals surface area contributed by atoms with E-state index in [-0.39, 0.29) is 11.5 Å². The quantitative estimate of drug-likeness (QED) is 0.769. The van der Waals surface area contributed by atoms with Crippen molar-refractivity contribution < 1.29 is 14.6 Å². The van der Waals surface area contributed by atoms with Gasteiger partial charge in [-0.3, -0.25) is 0 Å². The maximum absolute atomic E-state index is 11.1. The van der Waals surface area contributed by atoms with Crippen molar-refractivity contribution in [3.05, 3.63) is 53.6 Å². The molecule has 0 radical (unpaired) electrons. The molecule has 0 heterocycles. The Morgan fingerprint density at radius 1 is 1.19 bits per heavy atom. The van der Waals surface area contributed by atoms with Crippen molar-refractivity contribution in [1.29, 1.82) is 0 Å². The number of benzene rings is 2. The van der Waals surface area contributed by atoms with E-state index in [4.69, 9.17) is 9.84 Å². The molecular weight excluding hydrogens is 326 g/mol. The standard InChI is InChI=1S/C22H27NO3/c1-14(2)13-26-18-8-5-15(6-9-18)16-7-10-19-17(11-16)12-22(3,4)20(19)23-21(24)25/h5-11,14,20,23H,12-13H2,1-4H3,(H,24,25)/t20-/m0/s1. The van der Waals surface area contributed by atoms with Gasteiger partial charge in [-0.15, -0.1) is 0 Å². The van der Waals surface area contributed by atoms with E-state index in [2.05, 4.69) is 63.3 Å². The third-order valence-electron chi connectivity index (χ3n) is 4.92. The van der Waals surface area contributed by atoms with Crippen molar-refractivity contribution in [1.82, 2.24) is 5.32 Å². The van der Waals surface area contributed by atoms with Crippen molar-refractivity contribution in [3.8, 4) is 16.9 Å². The minimum atomic E-state index is -0.975. The number of fused-ring (bicyclic) bond motifs is 1. The summed E-state index contributed by atoms with van der Waals surface area (Å²) in [7, 11) is 0. The van der Waals surface area contributed by atoms with Crippen LogP contribution in [0.2, 0.25) is 0 Å². The Morgan fingerprint density at radius 3 is 2.46 bits per heavy atom. The highest BCUT2D eigenvalue weighted by Crippen LogP contribution is 2.46. The number of hydrogen-bond acceptors (Lipinski definition) is 2. The first-order valence-corrected chi connectivity index (χ1v) is 9.12. The third kappa shape index (κ3) is 3.85. The van der Waals surface area contributed by atoms with Gasteiger partial charge in [0.25, 0.3) is 0 Å². The second-order valence-electron chi connectivity index (χ2n) is 8.19. The van der Waals surface area contributed by atoms with Gasteiger partial charge >= 0.3 is 6.09 Å². The van der Waals surface area contributed by atoms with Gasteiger partial charge in [0.1, 0.15) is 5.75 Å². The molecule has 2 aromatic rings. The average Bonchev–Trinajstić information content (AvgIpc) is 2.82. The summed E-state index contributed by atoms with van der Waals surface area (Å²) in [5.74, 6) is 1.39. The molecule has 0 unspecified atom stereocenters. The Labute approximate surface area is 155 Å². The molecule has 2 N–H and O–H groups in total. The molecule has 4 nitrogen and oxygen atoms in total. The van der Waals surface area contributed by atoms with Gasteiger partial charge in [0.2, 0.25) is 0 Å². The summed E-state index contributed by atoms with van der Waals surface area (Å²) in [6.07, 6.45) is -0.117. The summed E-state index contributed by atoms with van der Waals surface area (Å²) < 4.78 is 5.75. The van der Waals surface area contributed by atoms with Crippen LogP contribution >= 0.6 is 0 Å². The van der Waals surface area contributed by atoms with Crippen molar-refractivity contribution in [2.75, 3.05) is 6.61 Å². The Bertz CT molecular complexity index is 794. The second-order valence-corrected chi connectivity index (χ2v) is 8.19. The van der Waals surface area contributed by atoms with E-state index in [0.717, 1.165) is 28.9 Å². The van der Waals surface area contributed by atoms with E-state index in [0.29, 0.717) is 12.5 Å². The van der Waals surface area contributed by atoms with Crippen LogP contribution in [0.3, 0.4) is 0 Å². The molecule has 0 fully saturated rings. The predicted octanol–water partition coefficient (Wildman–Crippen LogP) is 5.28. The van der Waals surface area contributed by atoms with Gasteiger partial charge in [-0.2, -0.15) is 0 Å². The van der Waals surface area contributed by atoms with Crippen LogP contribution in [-0.2, 0) is 6.42 Å². The molecule has 0 saturated carbocycles. The first-order chi connectivity index (χ1) is 12.3. The molecule has 0 bridgehead atoms. The number of carbonyl (C=O) groups is 1. The Morgan fingerprint density at radius 2 is 1.85 bits per heavy atom. The SMILES string of the molecule is CC(C)COc1ccc(-c2ccc3c(c2)CC(C)(C)[C@H]3NC(=O)O)cc1. The summed E-state index contributed by atoms with van der Waals surface area (Å²) in [6, 6.07) is 14.3. The van der Waals surface area contributed by atoms with Gasteiger partial charge in [-0.05, 0) is 52.1 Å². The topological polar surface area (TPSA) is 58.6 Å². The van der Waals surface area contributed by atoms with Gasteiger partial charge in [-0.1, -0.05) is 58.0 Å². The first kappa shape index (κ1) is 18.3. The zero-order chi connectivity index (χ0) is 18.9. The fourth-order valence-corrected chi connectivity index (χ4v) is 3.64. The van der Waals surface area contributed by atoms with Crippen LogP contribution in [0.1, 0.15) is 44.9 Å². The molecular formula is C22H27NO3. The lowest BCUT2D eigenvalue weighted by Crippen LogP contribution is -2.34.